The minimum Gasteiger partial charge on any atom is -0.465 e. The molecule has 5 heteroatoms. The molecule has 3 rings (SSSR count). The standard InChI is InChI=1S/C18H19N3O2/c1-12-10-11-13(2)20(12)17-16(18(22)23-4)14(3)19-21(17)15-8-6-5-7-9-15/h5-11H,1-4H3. The van der Waals surface area contributed by atoms with Crippen molar-refractivity contribution in [2.45, 2.75) is 20.8 Å². The fourth-order valence-corrected chi connectivity index (χ4v) is 2.81. The Hall–Kier alpha value is -2.82. The Morgan fingerprint density at radius 3 is 2.17 bits per heavy atom. The molecule has 0 radical (unpaired) electrons. The first-order chi connectivity index (χ1) is 11.0. The van der Waals surface area contributed by atoms with Gasteiger partial charge in [-0.25, -0.2) is 9.48 Å². The lowest BCUT2D eigenvalue weighted by Crippen LogP contribution is -2.13. The molecule has 0 spiro atoms. The van der Waals surface area contributed by atoms with Crippen molar-refractivity contribution in [2.24, 2.45) is 0 Å². The van der Waals surface area contributed by atoms with Gasteiger partial charge in [0.1, 0.15) is 5.56 Å². The van der Waals surface area contributed by atoms with Crippen molar-refractivity contribution in [2.75, 3.05) is 7.11 Å². The number of methoxy groups -OCH3 is 1. The molecular weight excluding hydrogens is 290 g/mol. The van der Waals surface area contributed by atoms with Gasteiger partial charge in [0.25, 0.3) is 0 Å². The van der Waals surface area contributed by atoms with Gasteiger partial charge in [0.05, 0.1) is 18.5 Å². The Bertz CT molecular complexity index is 841. The summed E-state index contributed by atoms with van der Waals surface area (Å²) in [5, 5.41) is 4.58. The summed E-state index contributed by atoms with van der Waals surface area (Å²) in [7, 11) is 1.39. The molecular formula is C18H19N3O2. The summed E-state index contributed by atoms with van der Waals surface area (Å²) in [6.45, 7) is 5.83. The van der Waals surface area contributed by atoms with Crippen LogP contribution in [0.5, 0.6) is 0 Å². The van der Waals surface area contributed by atoms with Crippen LogP contribution in [0.4, 0.5) is 0 Å². The van der Waals surface area contributed by atoms with Crippen LogP contribution in [0.25, 0.3) is 11.5 Å². The van der Waals surface area contributed by atoms with Gasteiger partial charge in [0.15, 0.2) is 5.82 Å². The zero-order chi connectivity index (χ0) is 16.6. The molecule has 3 aromatic rings. The molecule has 118 valence electrons. The highest BCUT2D eigenvalue weighted by atomic mass is 16.5. The van der Waals surface area contributed by atoms with E-state index in [0.29, 0.717) is 17.1 Å². The van der Waals surface area contributed by atoms with Crippen molar-refractivity contribution in [1.29, 1.82) is 0 Å². The zero-order valence-electron chi connectivity index (χ0n) is 13.7. The summed E-state index contributed by atoms with van der Waals surface area (Å²) in [4.78, 5) is 12.3. The van der Waals surface area contributed by atoms with Crippen molar-refractivity contribution in [3.8, 4) is 11.5 Å². The van der Waals surface area contributed by atoms with Crippen LogP contribution in [-0.2, 0) is 4.74 Å². The molecule has 0 bridgehead atoms. The minimum absolute atomic E-state index is 0.382. The SMILES string of the molecule is COC(=O)c1c(C)nn(-c2ccccc2)c1-n1c(C)ccc1C. The molecule has 2 aromatic heterocycles. The van der Waals surface area contributed by atoms with E-state index in [4.69, 9.17) is 4.74 Å². The molecule has 2 heterocycles. The molecule has 1 aromatic carbocycles. The van der Waals surface area contributed by atoms with E-state index in [1.54, 1.807) is 4.68 Å². The number of aryl methyl sites for hydroxylation is 3. The number of nitrogens with zero attached hydrogens (tertiary/aromatic N) is 3. The van der Waals surface area contributed by atoms with Crippen LogP contribution >= 0.6 is 0 Å². The molecule has 0 N–H and O–H groups in total. The molecule has 0 aliphatic heterocycles. The molecule has 23 heavy (non-hydrogen) atoms. The lowest BCUT2D eigenvalue weighted by Gasteiger charge is -2.14. The second kappa shape index (κ2) is 5.76. The largest absolute Gasteiger partial charge is 0.465 e. The number of para-hydroxylation sites is 1. The molecule has 0 aliphatic rings. The molecule has 0 amide bonds. The van der Waals surface area contributed by atoms with E-state index in [1.807, 2.05) is 67.8 Å². The average molecular weight is 309 g/mol. The first-order valence-electron chi connectivity index (χ1n) is 7.43. The number of esters is 1. The van der Waals surface area contributed by atoms with Gasteiger partial charge in [-0.05, 0) is 45.0 Å². The van der Waals surface area contributed by atoms with Crippen LogP contribution in [0, 0.1) is 20.8 Å². The Kier molecular flexibility index (Phi) is 3.78. The normalized spacial score (nSPS) is 10.8. The maximum Gasteiger partial charge on any atom is 0.343 e. The van der Waals surface area contributed by atoms with Crippen molar-refractivity contribution >= 4 is 5.97 Å². The van der Waals surface area contributed by atoms with E-state index < -0.39 is 0 Å². The summed E-state index contributed by atoms with van der Waals surface area (Å²) >= 11 is 0. The van der Waals surface area contributed by atoms with Gasteiger partial charge in [-0.2, -0.15) is 5.10 Å². The van der Waals surface area contributed by atoms with Crippen LogP contribution in [0.2, 0.25) is 0 Å². The summed E-state index contributed by atoms with van der Waals surface area (Å²) in [5.74, 6) is 0.327. The Morgan fingerprint density at radius 2 is 1.61 bits per heavy atom. The van der Waals surface area contributed by atoms with Crippen molar-refractivity contribution in [3.63, 3.8) is 0 Å². The summed E-state index contributed by atoms with van der Waals surface area (Å²) in [6, 6.07) is 13.8. The second-order valence-electron chi connectivity index (χ2n) is 5.47. The highest BCUT2D eigenvalue weighted by Crippen LogP contribution is 2.26. The topological polar surface area (TPSA) is 49.0 Å². The fraction of sp³-hybridized carbons (Fsp3) is 0.222. The van der Waals surface area contributed by atoms with Gasteiger partial charge in [0, 0.05) is 11.4 Å². The predicted molar refractivity (Wildman–Crippen MR) is 88.4 cm³/mol. The summed E-state index contributed by atoms with van der Waals surface area (Å²) in [6.07, 6.45) is 0. The Morgan fingerprint density at radius 1 is 1.00 bits per heavy atom. The smallest absolute Gasteiger partial charge is 0.343 e. The molecule has 0 aliphatic carbocycles. The first kappa shape index (κ1) is 15.1. The highest BCUT2D eigenvalue weighted by Gasteiger charge is 2.25. The number of hydrogen-bond acceptors (Lipinski definition) is 3. The predicted octanol–water partition coefficient (Wildman–Crippen LogP) is 3.37. The van der Waals surface area contributed by atoms with E-state index in [1.165, 1.54) is 7.11 Å². The number of aromatic nitrogens is 3. The Balaban J connectivity index is 2.37. The third-order valence-corrected chi connectivity index (χ3v) is 3.91. The van der Waals surface area contributed by atoms with Crippen LogP contribution < -0.4 is 0 Å². The number of rotatable bonds is 3. The number of carbonyl (C=O) groups is 1. The average Bonchev–Trinajstić information content (AvgIpc) is 3.06. The molecule has 0 atom stereocenters. The van der Waals surface area contributed by atoms with E-state index in [9.17, 15) is 4.79 Å². The van der Waals surface area contributed by atoms with Crippen LogP contribution in [-0.4, -0.2) is 27.4 Å². The quantitative estimate of drug-likeness (QED) is 0.697. The summed E-state index contributed by atoms with van der Waals surface area (Å²) in [5.41, 5.74) is 4.09. The minimum atomic E-state index is -0.382. The highest BCUT2D eigenvalue weighted by molar-refractivity contribution is 5.94. The first-order valence-corrected chi connectivity index (χ1v) is 7.43. The van der Waals surface area contributed by atoms with Gasteiger partial charge < -0.3 is 9.30 Å². The van der Waals surface area contributed by atoms with Crippen molar-refractivity contribution in [3.05, 3.63) is 65.1 Å². The molecule has 5 nitrogen and oxygen atoms in total. The number of ether oxygens (including phenoxy) is 1. The number of benzene rings is 1. The molecule has 0 unspecified atom stereocenters. The van der Waals surface area contributed by atoms with E-state index >= 15 is 0 Å². The molecule has 0 saturated heterocycles. The summed E-state index contributed by atoms with van der Waals surface area (Å²) < 4.78 is 8.80. The molecule has 0 saturated carbocycles. The van der Waals surface area contributed by atoms with Crippen LogP contribution in [0.3, 0.4) is 0 Å². The third kappa shape index (κ3) is 2.44. The van der Waals surface area contributed by atoms with Crippen LogP contribution in [0.1, 0.15) is 27.4 Å². The Labute approximate surface area is 135 Å². The number of hydrogen-bond donors (Lipinski definition) is 0. The van der Waals surface area contributed by atoms with Gasteiger partial charge in [0.2, 0.25) is 0 Å². The third-order valence-electron chi connectivity index (χ3n) is 3.91. The molecule has 0 fully saturated rings. The van der Waals surface area contributed by atoms with Crippen molar-refractivity contribution < 1.29 is 9.53 Å². The van der Waals surface area contributed by atoms with Gasteiger partial charge >= 0.3 is 5.97 Å². The van der Waals surface area contributed by atoms with E-state index in [0.717, 1.165) is 17.1 Å². The van der Waals surface area contributed by atoms with Gasteiger partial charge in [-0.15, -0.1) is 0 Å². The monoisotopic (exact) mass is 309 g/mol. The maximum atomic E-state index is 12.3. The van der Waals surface area contributed by atoms with E-state index in [-0.39, 0.29) is 5.97 Å². The van der Waals surface area contributed by atoms with Crippen molar-refractivity contribution in [1.82, 2.24) is 14.3 Å². The maximum absolute atomic E-state index is 12.3. The van der Waals surface area contributed by atoms with Crippen LogP contribution in [0.15, 0.2) is 42.5 Å². The zero-order valence-corrected chi connectivity index (χ0v) is 13.7. The number of carbonyl (C=O) groups excluding carboxylic acids is 1. The second-order valence-corrected chi connectivity index (χ2v) is 5.47. The van der Waals surface area contributed by atoms with Gasteiger partial charge in [-0.1, -0.05) is 18.2 Å². The van der Waals surface area contributed by atoms with E-state index in [2.05, 4.69) is 5.10 Å². The lowest BCUT2D eigenvalue weighted by molar-refractivity contribution is 0.0600. The lowest BCUT2D eigenvalue weighted by atomic mass is 10.2. The fourth-order valence-electron chi connectivity index (χ4n) is 2.81. The van der Waals surface area contributed by atoms with Gasteiger partial charge in [-0.3, -0.25) is 0 Å².